The minimum absolute atomic E-state index is 0.214. The van der Waals surface area contributed by atoms with E-state index in [1.165, 1.54) is 21.6 Å². The molecule has 0 aliphatic rings. The summed E-state index contributed by atoms with van der Waals surface area (Å²) < 4.78 is 1.31. The molecule has 1 N–H and O–H groups in total. The van der Waals surface area contributed by atoms with Crippen molar-refractivity contribution >= 4 is 22.9 Å². The highest BCUT2D eigenvalue weighted by Gasteiger charge is 2.21. The molecule has 0 radical (unpaired) electrons. The molecular formula is C20H22N4O2S. The van der Waals surface area contributed by atoms with Crippen molar-refractivity contribution in [1.82, 2.24) is 14.8 Å². The number of nitrogens with zero attached hydrogens (tertiary/aromatic N) is 3. The van der Waals surface area contributed by atoms with Crippen LogP contribution in [0.3, 0.4) is 0 Å². The topological polar surface area (TPSA) is 76.9 Å². The van der Waals surface area contributed by atoms with Crippen molar-refractivity contribution in [3.8, 4) is 10.6 Å². The molecule has 1 amide bonds. The number of aromatic nitrogens is 3. The smallest absolute Gasteiger partial charge is 0.277 e. The van der Waals surface area contributed by atoms with Crippen molar-refractivity contribution in [2.24, 2.45) is 7.05 Å². The molecule has 0 saturated heterocycles. The first-order chi connectivity index (χ1) is 12.8. The summed E-state index contributed by atoms with van der Waals surface area (Å²) in [7, 11) is 1.62. The zero-order chi connectivity index (χ0) is 19.7. The lowest BCUT2D eigenvalue weighted by Gasteiger charge is -2.07. The summed E-state index contributed by atoms with van der Waals surface area (Å²) in [5.41, 5.74) is 4.39. The number of anilines is 1. The van der Waals surface area contributed by atoms with Crippen LogP contribution in [-0.4, -0.2) is 20.7 Å². The van der Waals surface area contributed by atoms with Crippen molar-refractivity contribution in [1.29, 1.82) is 0 Å². The van der Waals surface area contributed by atoms with E-state index >= 15 is 0 Å². The first kappa shape index (κ1) is 19.0. The van der Waals surface area contributed by atoms with Crippen LogP contribution < -0.4 is 10.9 Å². The van der Waals surface area contributed by atoms with Crippen LogP contribution in [0.2, 0.25) is 0 Å². The van der Waals surface area contributed by atoms with Crippen molar-refractivity contribution in [2.75, 3.05) is 5.32 Å². The Morgan fingerprint density at radius 1 is 1.15 bits per heavy atom. The summed E-state index contributed by atoms with van der Waals surface area (Å²) in [5.74, 6) is -0.222. The van der Waals surface area contributed by atoms with Crippen molar-refractivity contribution in [3.05, 3.63) is 62.0 Å². The van der Waals surface area contributed by atoms with Gasteiger partial charge in [-0.15, -0.1) is 11.3 Å². The highest BCUT2D eigenvalue weighted by Crippen LogP contribution is 2.29. The van der Waals surface area contributed by atoms with Gasteiger partial charge < -0.3 is 5.32 Å². The Kier molecular flexibility index (Phi) is 5.23. The Labute approximate surface area is 161 Å². The number of benzene rings is 1. The molecule has 27 heavy (non-hydrogen) atoms. The molecule has 0 unspecified atom stereocenters. The van der Waals surface area contributed by atoms with E-state index in [2.05, 4.69) is 22.3 Å². The summed E-state index contributed by atoms with van der Waals surface area (Å²) in [6.07, 6.45) is 0.950. The van der Waals surface area contributed by atoms with Gasteiger partial charge in [0.1, 0.15) is 9.88 Å². The number of hydrogen-bond acceptors (Lipinski definition) is 5. The van der Waals surface area contributed by atoms with Gasteiger partial charge in [-0.3, -0.25) is 9.59 Å². The summed E-state index contributed by atoms with van der Waals surface area (Å²) in [6.45, 7) is 7.57. The second-order valence-corrected chi connectivity index (χ2v) is 7.45. The van der Waals surface area contributed by atoms with Gasteiger partial charge in [-0.1, -0.05) is 19.1 Å². The van der Waals surface area contributed by atoms with Crippen LogP contribution in [-0.2, 0) is 13.5 Å². The average molecular weight is 382 g/mol. The van der Waals surface area contributed by atoms with Crippen LogP contribution in [0.25, 0.3) is 10.6 Å². The van der Waals surface area contributed by atoms with Gasteiger partial charge in [-0.05, 0) is 50.5 Å². The molecule has 2 heterocycles. The SMILES string of the molecule is CCc1ccc(NC(=O)c2sc(-c3c(C)c(C)nn(C)c3=O)nc2C)cc1. The molecule has 0 aliphatic carbocycles. The van der Waals surface area contributed by atoms with Crippen molar-refractivity contribution in [2.45, 2.75) is 34.1 Å². The van der Waals surface area contributed by atoms with E-state index in [4.69, 9.17) is 0 Å². The molecule has 0 bridgehead atoms. The minimum Gasteiger partial charge on any atom is -0.321 e. The van der Waals surface area contributed by atoms with Crippen LogP contribution in [0.4, 0.5) is 5.69 Å². The maximum Gasteiger partial charge on any atom is 0.277 e. The van der Waals surface area contributed by atoms with Gasteiger partial charge in [-0.25, -0.2) is 9.67 Å². The molecule has 0 spiro atoms. The van der Waals surface area contributed by atoms with Gasteiger partial charge in [0.2, 0.25) is 0 Å². The van der Waals surface area contributed by atoms with E-state index in [0.717, 1.165) is 23.4 Å². The molecular weight excluding hydrogens is 360 g/mol. The van der Waals surface area contributed by atoms with Crippen LogP contribution in [0, 0.1) is 20.8 Å². The third-order valence-corrected chi connectivity index (χ3v) is 5.74. The Balaban J connectivity index is 1.95. The zero-order valence-electron chi connectivity index (χ0n) is 16.1. The van der Waals surface area contributed by atoms with Gasteiger partial charge in [0.25, 0.3) is 11.5 Å². The largest absolute Gasteiger partial charge is 0.321 e. The summed E-state index contributed by atoms with van der Waals surface area (Å²) in [5, 5.41) is 7.64. The fraction of sp³-hybridized carbons (Fsp3) is 0.300. The number of carbonyl (C=O) groups is 1. The Hall–Kier alpha value is -2.80. The Morgan fingerprint density at radius 2 is 1.81 bits per heavy atom. The van der Waals surface area contributed by atoms with E-state index < -0.39 is 0 Å². The fourth-order valence-corrected chi connectivity index (χ4v) is 3.88. The lowest BCUT2D eigenvalue weighted by atomic mass is 10.1. The van der Waals surface area contributed by atoms with E-state index in [1.54, 1.807) is 14.0 Å². The summed E-state index contributed by atoms with van der Waals surface area (Å²) in [4.78, 5) is 30.2. The van der Waals surface area contributed by atoms with Crippen LogP contribution in [0.15, 0.2) is 29.1 Å². The normalized spacial score (nSPS) is 10.9. The van der Waals surface area contributed by atoms with E-state index in [9.17, 15) is 9.59 Å². The van der Waals surface area contributed by atoms with Gasteiger partial charge in [-0.2, -0.15) is 5.10 Å². The maximum absolute atomic E-state index is 12.7. The van der Waals surface area contributed by atoms with E-state index in [1.807, 2.05) is 38.1 Å². The van der Waals surface area contributed by atoms with Crippen molar-refractivity contribution in [3.63, 3.8) is 0 Å². The monoisotopic (exact) mass is 382 g/mol. The Morgan fingerprint density at radius 3 is 2.44 bits per heavy atom. The first-order valence-electron chi connectivity index (χ1n) is 8.74. The van der Waals surface area contributed by atoms with Crippen LogP contribution >= 0.6 is 11.3 Å². The highest BCUT2D eigenvalue weighted by atomic mass is 32.1. The molecule has 6 nitrogen and oxygen atoms in total. The molecule has 0 aliphatic heterocycles. The van der Waals surface area contributed by atoms with E-state index in [-0.39, 0.29) is 11.5 Å². The lowest BCUT2D eigenvalue weighted by molar-refractivity contribution is 0.103. The van der Waals surface area contributed by atoms with Gasteiger partial charge in [0.15, 0.2) is 0 Å². The molecule has 3 aromatic rings. The number of carbonyl (C=O) groups excluding carboxylic acids is 1. The first-order valence-corrected chi connectivity index (χ1v) is 9.56. The predicted octanol–water partition coefficient (Wildman–Crippen LogP) is 3.64. The minimum atomic E-state index is -0.222. The summed E-state index contributed by atoms with van der Waals surface area (Å²) >= 11 is 1.23. The molecule has 1 aromatic carbocycles. The van der Waals surface area contributed by atoms with Crippen LogP contribution in [0.1, 0.15) is 39.1 Å². The number of aryl methyl sites for hydroxylation is 4. The maximum atomic E-state index is 12.7. The van der Waals surface area contributed by atoms with E-state index in [0.29, 0.717) is 21.1 Å². The van der Waals surface area contributed by atoms with Crippen LogP contribution in [0.5, 0.6) is 0 Å². The molecule has 0 fully saturated rings. The number of nitrogens with one attached hydrogen (secondary N) is 1. The third kappa shape index (κ3) is 3.68. The number of amides is 1. The lowest BCUT2D eigenvalue weighted by Crippen LogP contribution is -2.23. The molecule has 0 atom stereocenters. The molecule has 3 rings (SSSR count). The fourth-order valence-electron chi connectivity index (χ4n) is 2.83. The third-order valence-electron chi connectivity index (χ3n) is 4.56. The molecule has 140 valence electrons. The van der Waals surface area contributed by atoms with Gasteiger partial charge in [0, 0.05) is 12.7 Å². The molecule has 7 heteroatoms. The number of thiazole rings is 1. The van der Waals surface area contributed by atoms with Crippen molar-refractivity contribution < 1.29 is 4.79 Å². The summed E-state index contributed by atoms with van der Waals surface area (Å²) in [6, 6.07) is 7.76. The second-order valence-electron chi connectivity index (χ2n) is 6.45. The average Bonchev–Trinajstić information content (AvgIpc) is 3.02. The van der Waals surface area contributed by atoms with Gasteiger partial charge in [0.05, 0.1) is 17.0 Å². The Bertz CT molecular complexity index is 1060. The number of hydrogen-bond donors (Lipinski definition) is 1. The zero-order valence-corrected chi connectivity index (χ0v) is 16.9. The molecule has 0 saturated carbocycles. The van der Waals surface area contributed by atoms with Gasteiger partial charge >= 0.3 is 0 Å². The quantitative estimate of drug-likeness (QED) is 0.747. The standard InChI is InChI=1S/C20H22N4O2S/c1-6-14-7-9-15(10-8-14)22-18(25)17-13(4)21-19(27-17)16-11(2)12(3)23-24(5)20(16)26/h7-10H,6H2,1-5H3,(H,22,25). The predicted molar refractivity (Wildman–Crippen MR) is 109 cm³/mol. The second kappa shape index (κ2) is 7.44. The number of rotatable bonds is 4. The molecule has 2 aromatic heterocycles. The highest BCUT2D eigenvalue weighted by molar-refractivity contribution is 7.17.